The number of amides is 1. The minimum Gasteiger partial charge on any atom is -0.488 e. The van der Waals surface area contributed by atoms with Gasteiger partial charge in [0.1, 0.15) is 24.2 Å². The summed E-state index contributed by atoms with van der Waals surface area (Å²) in [6.45, 7) is 0.611. The molecule has 1 heterocycles. The van der Waals surface area contributed by atoms with Gasteiger partial charge in [0.2, 0.25) is 0 Å². The van der Waals surface area contributed by atoms with Gasteiger partial charge in [-0.15, -0.1) is 0 Å². The van der Waals surface area contributed by atoms with E-state index in [1.165, 1.54) is 0 Å². The van der Waals surface area contributed by atoms with Gasteiger partial charge in [-0.05, 0) is 42.0 Å². The van der Waals surface area contributed by atoms with Crippen molar-refractivity contribution in [3.8, 4) is 11.8 Å². The molecule has 1 aromatic heterocycles. The van der Waals surface area contributed by atoms with E-state index in [1.54, 1.807) is 54.8 Å². The highest BCUT2D eigenvalue weighted by Crippen LogP contribution is 2.18. The highest BCUT2D eigenvalue weighted by molar-refractivity contribution is 5.94. The maximum absolute atomic E-state index is 12.2. The van der Waals surface area contributed by atoms with Crippen molar-refractivity contribution >= 4 is 5.91 Å². The fourth-order valence-electron chi connectivity index (χ4n) is 2.33. The van der Waals surface area contributed by atoms with Crippen LogP contribution in [0.25, 0.3) is 0 Å². The minimum atomic E-state index is -0.185. The van der Waals surface area contributed by atoms with Crippen LogP contribution < -0.4 is 10.1 Å². The molecule has 0 bridgehead atoms. The molecule has 5 heteroatoms. The van der Waals surface area contributed by atoms with Crippen molar-refractivity contribution in [3.05, 3.63) is 89.4 Å². The van der Waals surface area contributed by atoms with Crippen molar-refractivity contribution in [3.63, 3.8) is 0 Å². The molecule has 3 rings (SSSR count). The van der Waals surface area contributed by atoms with Crippen LogP contribution in [0.5, 0.6) is 5.75 Å². The first kappa shape index (κ1) is 16.3. The topological polar surface area (TPSA) is 75.3 Å². The SMILES string of the molecule is N#Cc1ccccc1OCc1cccc(C(=O)NCc2ccco2)c1. The summed E-state index contributed by atoms with van der Waals surface area (Å²) in [7, 11) is 0. The second-order valence-corrected chi connectivity index (χ2v) is 5.36. The zero-order chi connectivity index (χ0) is 17.5. The fourth-order valence-corrected chi connectivity index (χ4v) is 2.33. The Hall–Kier alpha value is -3.52. The van der Waals surface area contributed by atoms with Gasteiger partial charge in [0.25, 0.3) is 5.91 Å². The van der Waals surface area contributed by atoms with E-state index in [0.29, 0.717) is 29.2 Å². The van der Waals surface area contributed by atoms with Crippen LogP contribution in [0.15, 0.2) is 71.3 Å². The summed E-state index contributed by atoms with van der Waals surface area (Å²) in [6, 6.07) is 19.9. The first-order valence-corrected chi connectivity index (χ1v) is 7.78. The molecule has 0 fully saturated rings. The van der Waals surface area contributed by atoms with E-state index in [4.69, 9.17) is 14.4 Å². The monoisotopic (exact) mass is 332 g/mol. The largest absolute Gasteiger partial charge is 0.488 e. The zero-order valence-corrected chi connectivity index (χ0v) is 13.4. The smallest absolute Gasteiger partial charge is 0.251 e. The van der Waals surface area contributed by atoms with Gasteiger partial charge in [-0.3, -0.25) is 4.79 Å². The van der Waals surface area contributed by atoms with Crippen molar-refractivity contribution in [2.75, 3.05) is 0 Å². The van der Waals surface area contributed by atoms with Gasteiger partial charge >= 0.3 is 0 Å². The molecule has 25 heavy (non-hydrogen) atoms. The Morgan fingerprint density at radius 1 is 1.12 bits per heavy atom. The van der Waals surface area contributed by atoms with Crippen LogP contribution in [-0.2, 0) is 13.2 Å². The third-order valence-corrected chi connectivity index (χ3v) is 3.59. The van der Waals surface area contributed by atoms with Crippen LogP contribution in [0.2, 0.25) is 0 Å². The summed E-state index contributed by atoms with van der Waals surface area (Å²) in [5, 5.41) is 11.9. The van der Waals surface area contributed by atoms with Gasteiger partial charge in [0.15, 0.2) is 0 Å². The number of para-hydroxylation sites is 1. The number of carbonyl (C=O) groups is 1. The van der Waals surface area contributed by atoms with Gasteiger partial charge < -0.3 is 14.5 Å². The van der Waals surface area contributed by atoms with Crippen molar-refractivity contribution in [2.24, 2.45) is 0 Å². The van der Waals surface area contributed by atoms with Crippen LogP contribution >= 0.6 is 0 Å². The Morgan fingerprint density at radius 3 is 2.80 bits per heavy atom. The van der Waals surface area contributed by atoms with Crippen molar-refractivity contribution in [1.82, 2.24) is 5.32 Å². The summed E-state index contributed by atoms with van der Waals surface area (Å²) in [6.07, 6.45) is 1.57. The Labute approximate surface area is 145 Å². The number of hydrogen-bond donors (Lipinski definition) is 1. The number of nitriles is 1. The zero-order valence-electron chi connectivity index (χ0n) is 13.4. The molecule has 0 aliphatic carbocycles. The summed E-state index contributed by atoms with van der Waals surface area (Å²) in [5.74, 6) is 1.04. The lowest BCUT2D eigenvalue weighted by Gasteiger charge is -2.09. The molecule has 0 unspecified atom stereocenters. The molecule has 0 spiro atoms. The molecule has 5 nitrogen and oxygen atoms in total. The van der Waals surface area contributed by atoms with E-state index in [0.717, 1.165) is 5.56 Å². The minimum absolute atomic E-state index is 0.185. The lowest BCUT2D eigenvalue weighted by Crippen LogP contribution is -2.22. The molecule has 0 atom stereocenters. The molecule has 0 saturated carbocycles. The average Bonchev–Trinajstić information content (AvgIpc) is 3.18. The first-order chi connectivity index (χ1) is 12.3. The van der Waals surface area contributed by atoms with E-state index < -0.39 is 0 Å². The molecule has 1 N–H and O–H groups in total. The molecular weight excluding hydrogens is 316 g/mol. The van der Waals surface area contributed by atoms with Crippen LogP contribution in [0.4, 0.5) is 0 Å². The van der Waals surface area contributed by atoms with E-state index in [-0.39, 0.29) is 12.5 Å². The lowest BCUT2D eigenvalue weighted by molar-refractivity contribution is 0.0948. The Balaban J connectivity index is 1.63. The molecule has 0 aliphatic heterocycles. The van der Waals surface area contributed by atoms with Gasteiger partial charge in [-0.25, -0.2) is 0 Å². The summed E-state index contributed by atoms with van der Waals surface area (Å²) >= 11 is 0. The Bertz CT molecular complexity index is 895. The Morgan fingerprint density at radius 2 is 2.00 bits per heavy atom. The van der Waals surface area contributed by atoms with Crippen LogP contribution in [0.1, 0.15) is 27.2 Å². The molecule has 124 valence electrons. The summed E-state index contributed by atoms with van der Waals surface area (Å²) in [4.78, 5) is 12.2. The number of carbonyl (C=O) groups excluding carboxylic acids is 1. The van der Waals surface area contributed by atoms with Crippen molar-refractivity contribution in [1.29, 1.82) is 5.26 Å². The van der Waals surface area contributed by atoms with Gasteiger partial charge in [-0.2, -0.15) is 5.26 Å². The van der Waals surface area contributed by atoms with Gasteiger partial charge in [-0.1, -0.05) is 24.3 Å². The van der Waals surface area contributed by atoms with E-state index in [2.05, 4.69) is 11.4 Å². The first-order valence-electron chi connectivity index (χ1n) is 7.78. The number of hydrogen-bond acceptors (Lipinski definition) is 4. The van der Waals surface area contributed by atoms with Crippen LogP contribution in [-0.4, -0.2) is 5.91 Å². The third-order valence-electron chi connectivity index (χ3n) is 3.59. The van der Waals surface area contributed by atoms with Crippen LogP contribution in [0, 0.1) is 11.3 Å². The highest BCUT2D eigenvalue weighted by Gasteiger charge is 2.08. The highest BCUT2D eigenvalue weighted by atomic mass is 16.5. The molecule has 1 amide bonds. The summed E-state index contributed by atoms with van der Waals surface area (Å²) in [5.41, 5.74) is 1.87. The number of furan rings is 1. The quantitative estimate of drug-likeness (QED) is 0.747. The van der Waals surface area contributed by atoms with Crippen molar-refractivity contribution in [2.45, 2.75) is 13.2 Å². The fraction of sp³-hybridized carbons (Fsp3) is 0.100. The predicted molar refractivity (Wildman–Crippen MR) is 91.8 cm³/mol. The number of nitrogens with one attached hydrogen (secondary N) is 1. The number of rotatable bonds is 6. The maximum atomic E-state index is 12.2. The predicted octanol–water partition coefficient (Wildman–Crippen LogP) is 3.66. The van der Waals surface area contributed by atoms with Gasteiger partial charge in [0.05, 0.1) is 18.4 Å². The second kappa shape index (κ2) is 7.84. The van der Waals surface area contributed by atoms with E-state index in [1.807, 2.05) is 12.1 Å². The van der Waals surface area contributed by atoms with Crippen LogP contribution in [0.3, 0.4) is 0 Å². The molecule has 0 radical (unpaired) electrons. The molecule has 3 aromatic rings. The summed E-state index contributed by atoms with van der Waals surface area (Å²) < 4.78 is 10.9. The molecule has 0 aliphatic rings. The standard InChI is InChI=1S/C20H16N2O3/c21-12-17-6-1-2-9-19(17)25-14-15-5-3-7-16(11-15)20(23)22-13-18-8-4-10-24-18/h1-11H,13-14H2,(H,22,23). The van der Waals surface area contributed by atoms with E-state index >= 15 is 0 Å². The van der Waals surface area contributed by atoms with Crippen molar-refractivity contribution < 1.29 is 13.9 Å². The number of benzene rings is 2. The molecular formula is C20H16N2O3. The normalized spacial score (nSPS) is 10.0. The van der Waals surface area contributed by atoms with Gasteiger partial charge in [0, 0.05) is 5.56 Å². The number of nitrogens with zero attached hydrogens (tertiary/aromatic N) is 1. The third kappa shape index (κ3) is 4.27. The average molecular weight is 332 g/mol. The maximum Gasteiger partial charge on any atom is 0.251 e. The molecule has 2 aromatic carbocycles. The second-order valence-electron chi connectivity index (χ2n) is 5.36. The number of ether oxygens (including phenoxy) is 1. The lowest BCUT2D eigenvalue weighted by atomic mass is 10.1. The molecule has 0 saturated heterocycles. The Kier molecular flexibility index (Phi) is 5.13. The van der Waals surface area contributed by atoms with E-state index in [9.17, 15) is 4.79 Å².